The summed E-state index contributed by atoms with van der Waals surface area (Å²) in [5.41, 5.74) is 0.365. The average Bonchev–Trinajstić information content (AvgIpc) is 2.23. The van der Waals surface area contributed by atoms with E-state index in [0.29, 0.717) is 16.6 Å². The van der Waals surface area contributed by atoms with E-state index in [1.165, 1.54) is 6.07 Å². The Labute approximate surface area is 103 Å². The van der Waals surface area contributed by atoms with Crippen LogP contribution < -0.4 is 0 Å². The van der Waals surface area contributed by atoms with Crippen molar-refractivity contribution >= 4 is 21.9 Å². The van der Waals surface area contributed by atoms with Crippen LogP contribution in [0, 0.1) is 5.82 Å². The van der Waals surface area contributed by atoms with Crippen LogP contribution in [0.2, 0.25) is 0 Å². The quantitative estimate of drug-likeness (QED) is 0.613. The number of rotatable bonds is 5. The van der Waals surface area contributed by atoms with E-state index in [2.05, 4.69) is 15.9 Å². The van der Waals surface area contributed by atoms with E-state index in [1.807, 2.05) is 6.92 Å². The molecule has 1 aromatic rings. The summed E-state index contributed by atoms with van der Waals surface area (Å²) in [6.45, 7) is 2.43. The summed E-state index contributed by atoms with van der Waals surface area (Å²) in [5, 5.41) is 0. The first-order chi connectivity index (χ1) is 7.63. The molecule has 0 aliphatic carbocycles. The molecule has 4 heteroatoms. The SMILES string of the molecule is CCCCOC(=O)Cc1ccc(Br)cc1F. The molecule has 0 saturated heterocycles. The highest BCUT2D eigenvalue weighted by molar-refractivity contribution is 9.10. The Bertz CT molecular complexity index is 366. The number of carbonyl (C=O) groups excluding carboxylic acids is 1. The molecule has 16 heavy (non-hydrogen) atoms. The van der Waals surface area contributed by atoms with Crippen molar-refractivity contribution in [2.75, 3.05) is 6.61 Å². The van der Waals surface area contributed by atoms with Gasteiger partial charge in [0.05, 0.1) is 13.0 Å². The van der Waals surface area contributed by atoms with Crippen LogP contribution in [0.15, 0.2) is 22.7 Å². The minimum atomic E-state index is -0.387. The van der Waals surface area contributed by atoms with Crippen molar-refractivity contribution in [2.45, 2.75) is 26.2 Å². The minimum Gasteiger partial charge on any atom is -0.465 e. The number of ether oxygens (including phenoxy) is 1. The second-order valence-corrected chi connectivity index (χ2v) is 4.40. The van der Waals surface area contributed by atoms with E-state index in [-0.39, 0.29) is 18.2 Å². The van der Waals surface area contributed by atoms with Crippen molar-refractivity contribution in [3.63, 3.8) is 0 Å². The first kappa shape index (κ1) is 13.2. The van der Waals surface area contributed by atoms with E-state index in [1.54, 1.807) is 12.1 Å². The monoisotopic (exact) mass is 288 g/mol. The fourth-order valence-corrected chi connectivity index (χ4v) is 1.54. The molecule has 0 radical (unpaired) electrons. The molecule has 1 rings (SSSR count). The lowest BCUT2D eigenvalue weighted by Gasteiger charge is -2.05. The second-order valence-electron chi connectivity index (χ2n) is 3.49. The number of hydrogen-bond donors (Lipinski definition) is 0. The molecule has 0 atom stereocenters. The van der Waals surface area contributed by atoms with Crippen LogP contribution in [0.5, 0.6) is 0 Å². The van der Waals surface area contributed by atoms with Crippen LogP contribution in [0.4, 0.5) is 4.39 Å². The molecule has 0 aromatic heterocycles. The highest BCUT2D eigenvalue weighted by Crippen LogP contribution is 2.15. The lowest BCUT2D eigenvalue weighted by atomic mass is 10.1. The number of unbranched alkanes of at least 4 members (excludes halogenated alkanes) is 1. The molecule has 88 valence electrons. The van der Waals surface area contributed by atoms with Gasteiger partial charge in [-0.15, -0.1) is 0 Å². The van der Waals surface area contributed by atoms with E-state index in [0.717, 1.165) is 12.8 Å². The highest BCUT2D eigenvalue weighted by Gasteiger charge is 2.09. The van der Waals surface area contributed by atoms with Crippen molar-refractivity contribution in [3.05, 3.63) is 34.1 Å². The maximum absolute atomic E-state index is 13.4. The molecular weight excluding hydrogens is 275 g/mol. The van der Waals surface area contributed by atoms with Gasteiger partial charge < -0.3 is 4.74 Å². The number of carbonyl (C=O) groups is 1. The minimum absolute atomic E-state index is 0.0111. The Morgan fingerprint density at radius 3 is 2.88 bits per heavy atom. The summed E-state index contributed by atoms with van der Waals surface area (Å²) in [5.74, 6) is -0.767. The van der Waals surface area contributed by atoms with Gasteiger partial charge in [0.2, 0.25) is 0 Å². The molecule has 0 bridgehead atoms. The predicted molar refractivity (Wildman–Crippen MR) is 63.7 cm³/mol. The van der Waals surface area contributed by atoms with Crippen molar-refractivity contribution in [2.24, 2.45) is 0 Å². The molecular formula is C12H14BrFO2. The van der Waals surface area contributed by atoms with Gasteiger partial charge in [0.15, 0.2) is 0 Å². The normalized spacial score (nSPS) is 10.2. The van der Waals surface area contributed by atoms with Crippen molar-refractivity contribution < 1.29 is 13.9 Å². The first-order valence-corrected chi connectivity index (χ1v) is 6.02. The molecule has 0 heterocycles. The Balaban J connectivity index is 2.49. The van der Waals surface area contributed by atoms with Crippen molar-refractivity contribution in [1.82, 2.24) is 0 Å². The maximum Gasteiger partial charge on any atom is 0.310 e. The standard InChI is InChI=1S/C12H14BrFO2/c1-2-3-6-16-12(15)7-9-4-5-10(13)8-11(9)14/h4-5,8H,2-3,6-7H2,1H3. The zero-order valence-electron chi connectivity index (χ0n) is 9.13. The van der Waals surface area contributed by atoms with E-state index in [9.17, 15) is 9.18 Å². The molecule has 0 spiro atoms. The number of benzene rings is 1. The van der Waals surface area contributed by atoms with Crippen LogP contribution in [0.3, 0.4) is 0 Å². The lowest BCUT2D eigenvalue weighted by Crippen LogP contribution is -2.10. The van der Waals surface area contributed by atoms with Crippen LogP contribution in [-0.2, 0) is 16.0 Å². The zero-order valence-corrected chi connectivity index (χ0v) is 10.7. The fraction of sp³-hybridized carbons (Fsp3) is 0.417. The Morgan fingerprint density at radius 2 is 2.25 bits per heavy atom. The third kappa shape index (κ3) is 4.31. The Morgan fingerprint density at radius 1 is 1.50 bits per heavy atom. The van der Waals surface area contributed by atoms with E-state index >= 15 is 0 Å². The fourth-order valence-electron chi connectivity index (χ4n) is 1.20. The summed E-state index contributed by atoms with van der Waals surface area (Å²) < 4.78 is 19.0. The third-order valence-corrected chi connectivity index (χ3v) is 2.60. The second kappa shape index (κ2) is 6.63. The van der Waals surface area contributed by atoms with Gasteiger partial charge in [-0.05, 0) is 24.1 Å². The molecule has 1 aromatic carbocycles. The molecule has 0 aliphatic rings. The molecule has 0 aliphatic heterocycles. The van der Waals surface area contributed by atoms with Gasteiger partial charge in [0.1, 0.15) is 5.82 Å². The molecule has 0 N–H and O–H groups in total. The summed E-state index contributed by atoms with van der Waals surface area (Å²) in [6.07, 6.45) is 1.80. The number of esters is 1. The molecule has 0 unspecified atom stereocenters. The van der Waals surface area contributed by atoms with E-state index < -0.39 is 0 Å². The Kier molecular flexibility index (Phi) is 5.46. The van der Waals surface area contributed by atoms with Crippen LogP contribution in [0.25, 0.3) is 0 Å². The summed E-state index contributed by atoms with van der Waals surface area (Å²) >= 11 is 3.16. The summed E-state index contributed by atoms with van der Waals surface area (Å²) in [4.78, 5) is 11.3. The van der Waals surface area contributed by atoms with Crippen molar-refractivity contribution in [3.8, 4) is 0 Å². The van der Waals surface area contributed by atoms with Gasteiger partial charge in [0, 0.05) is 4.47 Å². The number of hydrogen-bond acceptors (Lipinski definition) is 2. The van der Waals surface area contributed by atoms with Crippen molar-refractivity contribution in [1.29, 1.82) is 0 Å². The molecule has 0 fully saturated rings. The van der Waals surface area contributed by atoms with E-state index in [4.69, 9.17) is 4.74 Å². The summed E-state index contributed by atoms with van der Waals surface area (Å²) in [6, 6.07) is 4.63. The number of halogens is 2. The molecule has 0 amide bonds. The first-order valence-electron chi connectivity index (χ1n) is 5.23. The Hall–Kier alpha value is -0.900. The lowest BCUT2D eigenvalue weighted by molar-refractivity contribution is -0.142. The predicted octanol–water partition coefficient (Wildman–Crippen LogP) is 3.47. The van der Waals surface area contributed by atoms with Crippen LogP contribution in [-0.4, -0.2) is 12.6 Å². The largest absolute Gasteiger partial charge is 0.465 e. The van der Waals surface area contributed by atoms with Crippen LogP contribution in [0.1, 0.15) is 25.3 Å². The summed E-state index contributed by atoms with van der Waals surface area (Å²) in [7, 11) is 0. The molecule has 2 nitrogen and oxygen atoms in total. The average molecular weight is 289 g/mol. The smallest absolute Gasteiger partial charge is 0.310 e. The van der Waals surface area contributed by atoms with Gasteiger partial charge in [0.25, 0.3) is 0 Å². The van der Waals surface area contributed by atoms with Crippen LogP contribution >= 0.6 is 15.9 Å². The highest BCUT2D eigenvalue weighted by atomic mass is 79.9. The third-order valence-electron chi connectivity index (χ3n) is 2.11. The van der Waals surface area contributed by atoms with Gasteiger partial charge in [-0.3, -0.25) is 4.79 Å². The van der Waals surface area contributed by atoms with Gasteiger partial charge >= 0.3 is 5.97 Å². The maximum atomic E-state index is 13.4. The van der Waals surface area contributed by atoms with Gasteiger partial charge in [-0.2, -0.15) is 0 Å². The molecule has 0 saturated carbocycles. The zero-order chi connectivity index (χ0) is 12.0. The van der Waals surface area contributed by atoms with Gasteiger partial charge in [-0.1, -0.05) is 35.3 Å². The van der Waals surface area contributed by atoms with Gasteiger partial charge in [-0.25, -0.2) is 4.39 Å². The topological polar surface area (TPSA) is 26.3 Å².